The van der Waals surface area contributed by atoms with Gasteiger partial charge in [0.1, 0.15) is 18.5 Å². The van der Waals surface area contributed by atoms with Crippen LogP contribution in [0.3, 0.4) is 0 Å². The van der Waals surface area contributed by atoms with Gasteiger partial charge in [0.15, 0.2) is 5.03 Å². The molecule has 182 valence electrons. The van der Waals surface area contributed by atoms with Crippen LogP contribution in [-0.2, 0) is 14.8 Å². The van der Waals surface area contributed by atoms with Gasteiger partial charge in [0.2, 0.25) is 5.88 Å². The molecule has 2 aliphatic heterocycles. The molecule has 2 aromatic rings. The minimum atomic E-state index is -4.23. The number of ether oxygens (including phenoxy) is 2. The average molecular weight is 487 g/mol. The summed E-state index contributed by atoms with van der Waals surface area (Å²) in [6, 6.07) is 7.60. The van der Waals surface area contributed by atoms with Crippen molar-refractivity contribution in [3.05, 3.63) is 54.4 Å². The van der Waals surface area contributed by atoms with Gasteiger partial charge in [-0.2, -0.15) is 13.4 Å². The van der Waals surface area contributed by atoms with Crippen molar-refractivity contribution < 1.29 is 22.7 Å². The van der Waals surface area contributed by atoms with Gasteiger partial charge in [-0.15, -0.1) is 0 Å². The predicted octanol–water partition coefficient (Wildman–Crippen LogP) is 3.29. The van der Waals surface area contributed by atoms with E-state index in [1.165, 1.54) is 12.1 Å². The number of allylic oxidation sites excluding steroid dienone is 1. The fourth-order valence-electron chi connectivity index (χ4n) is 4.49. The van der Waals surface area contributed by atoms with Crippen LogP contribution in [0.25, 0.3) is 0 Å². The number of anilines is 1. The van der Waals surface area contributed by atoms with Gasteiger partial charge in [-0.05, 0) is 63.3 Å². The smallest absolute Gasteiger partial charge is 0.281 e. The lowest BCUT2D eigenvalue weighted by Gasteiger charge is -2.33. The summed E-state index contributed by atoms with van der Waals surface area (Å²) in [5.41, 5.74) is -0.00428. The first-order valence-electron chi connectivity index (χ1n) is 11.4. The molecule has 2 aromatic heterocycles. The van der Waals surface area contributed by atoms with Gasteiger partial charge >= 0.3 is 0 Å². The second-order valence-electron chi connectivity index (χ2n) is 9.37. The summed E-state index contributed by atoms with van der Waals surface area (Å²) < 4.78 is 39.2. The summed E-state index contributed by atoms with van der Waals surface area (Å²) in [5.74, 6) is 0.284. The Morgan fingerprint density at radius 3 is 2.82 bits per heavy atom. The molecule has 2 unspecified atom stereocenters. The number of carbonyl (C=O) groups excluding carboxylic acids is 1. The summed E-state index contributed by atoms with van der Waals surface area (Å²) >= 11 is 0. The average Bonchev–Trinajstić information content (AvgIpc) is 3.10. The van der Waals surface area contributed by atoms with Crippen LogP contribution < -0.4 is 14.4 Å². The fraction of sp³-hybridized carbons (Fsp3) is 0.458. The molecule has 1 amide bonds. The van der Waals surface area contributed by atoms with E-state index in [0.29, 0.717) is 11.7 Å². The Balaban J connectivity index is 1.50. The van der Waals surface area contributed by atoms with Crippen LogP contribution in [0.4, 0.5) is 5.82 Å². The van der Waals surface area contributed by atoms with Crippen molar-refractivity contribution in [2.45, 2.75) is 56.7 Å². The lowest BCUT2D eigenvalue weighted by Crippen LogP contribution is -2.41. The molecule has 0 aliphatic carbocycles. The Kier molecular flexibility index (Phi) is 6.79. The Morgan fingerprint density at radius 1 is 1.29 bits per heavy atom. The van der Waals surface area contributed by atoms with Gasteiger partial charge in [0.25, 0.3) is 15.9 Å². The Hall–Kier alpha value is -3.14. The highest BCUT2D eigenvalue weighted by Crippen LogP contribution is 2.37. The first-order chi connectivity index (χ1) is 16.2. The number of amides is 1. The Bertz CT molecular complexity index is 1180. The molecule has 0 bridgehead atoms. The van der Waals surface area contributed by atoms with Crippen LogP contribution in [0.2, 0.25) is 0 Å². The van der Waals surface area contributed by atoms with Gasteiger partial charge in [-0.25, -0.2) is 9.71 Å². The van der Waals surface area contributed by atoms with Crippen LogP contribution in [0.5, 0.6) is 5.88 Å². The quantitative estimate of drug-likeness (QED) is 0.635. The third kappa shape index (κ3) is 5.32. The number of nitrogens with zero attached hydrogens (tertiary/aromatic N) is 3. The van der Waals surface area contributed by atoms with E-state index in [4.69, 9.17) is 9.47 Å². The number of pyridine rings is 2. The normalized spacial score (nSPS) is 21.7. The fourth-order valence-corrected chi connectivity index (χ4v) is 5.42. The zero-order valence-electron chi connectivity index (χ0n) is 19.6. The molecule has 34 heavy (non-hydrogen) atoms. The molecular weight excluding hydrogens is 456 g/mol. The number of aromatic nitrogens is 2. The standard InChI is InChI=1S/C24H30N4O5S/c1-17-14-24(2,3)28(15-17)22-19(9-7-12-25-22)23(29)27-34(30,31)21-11-6-10-20(26-21)33-16-18-8-4-5-13-32-18/h5-7,9-13,17-18H,4,8,14-16H2,1-3H3,(H,27,29). The molecule has 2 aliphatic rings. The van der Waals surface area contributed by atoms with Crippen molar-refractivity contribution in [3.63, 3.8) is 0 Å². The molecule has 0 aromatic carbocycles. The van der Waals surface area contributed by atoms with Crippen LogP contribution in [0.1, 0.15) is 50.4 Å². The van der Waals surface area contributed by atoms with Crippen molar-refractivity contribution in [2.75, 3.05) is 18.1 Å². The van der Waals surface area contributed by atoms with Gasteiger partial charge in [-0.3, -0.25) is 4.79 Å². The molecular formula is C24H30N4O5S. The summed E-state index contributed by atoms with van der Waals surface area (Å²) in [4.78, 5) is 23.6. The first kappa shape index (κ1) is 24.0. The number of rotatable bonds is 7. The van der Waals surface area contributed by atoms with E-state index in [-0.39, 0.29) is 34.7 Å². The molecule has 4 heterocycles. The van der Waals surface area contributed by atoms with Crippen LogP contribution in [0.15, 0.2) is 53.9 Å². The highest BCUT2D eigenvalue weighted by Gasteiger charge is 2.39. The number of sulfonamides is 1. The lowest BCUT2D eigenvalue weighted by molar-refractivity contribution is 0.0711. The molecule has 1 saturated heterocycles. The van der Waals surface area contributed by atoms with Crippen molar-refractivity contribution in [3.8, 4) is 5.88 Å². The van der Waals surface area contributed by atoms with Crippen molar-refractivity contribution in [2.24, 2.45) is 5.92 Å². The lowest BCUT2D eigenvalue weighted by atomic mass is 9.97. The monoisotopic (exact) mass is 486 g/mol. The van der Waals surface area contributed by atoms with Gasteiger partial charge in [-0.1, -0.05) is 13.0 Å². The molecule has 4 rings (SSSR count). The molecule has 0 saturated carbocycles. The third-order valence-corrected chi connectivity index (χ3v) is 7.23. The third-order valence-electron chi connectivity index (χ3n) is 6.00. The number of hydrogen-bond acceptors (Lipinski definition) is 8. The van der Waals surface area contributed by atoms with Crippen LogP contribution in [0, 0.1) is 5.92 Å². The van der Waals surface area contributed by atoms with E-state index in [9.17, 15) is 13.2 Å². The van der Waals surface area contributed by atoms with Crippen LogP contribution >= 0.6 is 0 Å². The topological polar surface area (TPSA) is 111 Å². The van der Waals surface area contributed by atoms with E-state index in [2.05, 4.69) is 40.4 Å². The predicted molar refractivity (Wildman–Crippen MR) is 127 cm³/mol. The molecule has 0 radical (unpaired) electrons. The maximum Gasteiger partial charge on any atom is 0.281 e. The summed E-state index contributed by atoms with van der Waals surface area (Å²) in [5, 5.41) is -0.302. The van der Waals surface area contributed by atoms with Crippen molar-refractivity contribution >= 4 is 21.7 Å². The second kappa shape index (κ2) is 9.61. The largest absolute Gasteiger partial charge is 0.495 e. The maximum absolute atomic E-state index is 13.1. The van der Waals surface area contributed by atoms with E-state index >= 15 is 0 Å². The summed E-state index contributed by atoms with van der Waals surface area (Å²) in [7, 11) is -4.23. The minimum absolute atomic E-state index is 0.117. The highest BCUT2D eigenvalue weighted by molar-refractivity contribution is 7.90. The first-order valence-corrected chi connectivity index (χ1v) is 12.8. The van der Waals surface area contributed by atoms with Gasteiger partial charge < -0.3 is 14.4 Å². The van der Waals surface area contributed by atoms with Gasteiger partial charge in [0.05, 0.1) is 11.8 Å². The van der Waals surface area contributed by atoms with Crippen molar-refractivity contribution in [1.82, 2.24) is 14.7 Å². The number of hydrogen-bond donors (Lipinski definition) is 1. The van der Waals surface area contributed by atoms with E-state index < -0.39 is 15.9 Å². The SMILES string of the molecule is CC1CN(c2ncccc2C(=O)NS(=O)(=O)c2cccc(OCC3CCC=CO3)n2)C(C)(C)C1. The summed E-state index contributed by atoms with van der Waals surface area (Å²) in [6.45, 7) is 7.31. The Labute approximate surface area is 200 Å². The van der Waals surface area contributed by atoms with E-state index in [1.54, 1.807) is 30.7 Å². The van der Waals surface area contributed by atoms with Gasteiger partial charge in [0, 0.05) is 24.3 Å². The van der Waals surface area contributed by atoms with E-state index in [1.807, 2.05) is 6.08 Å². The zero-order valence-corrected chi connectivity index (χ0v) is 20.4. The zero-order chi connectivity index (χ0) is 24.3. The molecule has 1 fully saturated rings. The molecule has 0 spiro atoms. The maximum atomic E-state index is 13.1. The highest BCUT2D eigenvalue weighted by atomic mass is 32.2. The van der Waals surface area contributed by atoms with Crippen LogP contribution in [-0.4, -0.2) is 49.1 Å². The second-order valence-corrected chi connectivity index (χ2v) is 11.0. The van der Waals surface area contributed by atoms with Crippen molar-refractivity contribution in [1.29, 1.82) is 0 Å². The molecule has 1 N–H and O–H groups in total. The molecule has 2 atom stereocenters. The Morgan fingerprint density at radius 2 is 2.12 bits per heavy atom. The minimum Gasteiger partial charge on any atom is -0.495 e. The molecule has 9 nitrogen and oxygen atoms in total. The van der Waals surface area contributed by atoms with E-state index in [0.717, 1.165) is 25.8 Å². The summed E-state index contributed by atoms with van der Waals surface area (Å²) in [6.07, 6.45) is 7.71. The number of carbonyl (C=O) groups is 1. The number of nitrogens with one attached hydrogen (secondary N) is 1. The molecule has 10 heteroatoms.